The summed E-state index contributed by atoms with van der Waals surface area (Å²) < 4.78 is 4.16. The van der Waals surface area contributed by atoms with Gasteiger partial charge in [0.1, 0.15) is 0 Å². The van der Waals surface area contributed by atoms with Gasteiger partial charge in [0.05, 0.1) is 6.20 Å². The normalized spacial score (nSPS) is 9.14. The molecule has 0 fully saturated rings. The minimum absolute atomic E-state index is 0.164. The maximum Gasteiger partial charge on any atom is 0.533 e. The Morgan fingerprint density at radius 2 is 2.07 bits per heavy atom. The monoisotopic (exact) mass is 206 g/mol. The van der Waals surface area contributed by atoms with E-state index < -0.39 is 12.3 Å². The van der Waals surface area contributed by atoms with Gasteiger partial charge in [0.25, 0.3) is 0 Å². The van der Waals surface area contributed by atoms with Crippen LogP contribution in [0.3, 0.4) is 0 Å². The summed E-state index contributed by atoms with van der Waals surface area (Å²) in [6, 6.07) is 0. The molecule has 78 valence electrons. The van der Waals surface area contributed by atoms with Gasteiger partial charge < -0.3 is 14.9 Å². The molecule has 0 aliphatic heterocycles. The van der Waals surface area contributed by atoms with Gasteiger partial charge in [-0.2, -0.15) is 5.21 Å². The number of nitrogens with zero attached hydrogens (tertiary/aromatic N) is 1. The molecule has 1 aromatic heterocycles. The molecule has 0 bridgehead atoms. The quantitative estimate of drug-likeness (QED) is 0.333. The maximum absolute atomic E-state index is 10.0. The van der Waals surface area contributed by atoms with Crippen molar-refractivity contribution in [1.29, 1.82) is 0 Å². The van der Waals surface area contributed by atoms with Crippen molar-refractivity contribution in [3.63, 3.8) is 0 Å². The number of carbonyl (C=O) groups is 2. The Bertz CT molecular complexity index is 314. The van der Waals surface area contributed by atoms with Crippen molar-refractivity contribution in [2.45, 2.75) is 0 Å². The van der Waals surface area contributed by atoms with Gasteiger partial charge in [-0.3, -0.25) is 15.0 Å². The Morgan fingerprint density at radius 3 is 2.50 bits per heavy atom. The van der Waals surface area contributed by atoms with E-state index in [-0.39, 0.29) is 5.88 Å². The zero-order chi connectivity index (χ0) is 10.6. The molecule has 0 saturated carbocycles. The van der Waals surface area contributed by atoms with Crippen molar-refractivity contribution in [3.05, 3.63) is 6.20 Å². The first-order chi connectivity index (χ1) is 6.58. The molecule has 0 radical (unpaired) electrons. The van der Waals surface area contributed by atoms with Crippen LogP contribution in [0, 0.1) is 0 Å². The van der Waals surface area contributed by atoms with Crippen molar-refractivity contribution >= 4 is 12.3 Å². The van der Waals surface area contributed by atoms with E-state index in [1.807, 2.05) is 0 Å². The van der Waals surface area contributed by atoms with Gasteiger partial charge in [0, 0.05) is 0 Å². The summed E-state index contributed by atoms with van der Waals surface area (Å²) in [6.07, 6.45) is -2.03. The summed E-state index contributed by atoms with van der Waals surface area (Å²) in [5.41, 5.74) is 0. The lowest BCUT2D eigenvalue weighted by Crippen LogP contribution is -2.23. The molecule has 1 aromatic rings. The van der Waals surface area contributed by atoms with Crippen molar-refractivity contribution in [2.24, 2.45) is 0 Å². The Kier molecular flexibility index (Phi) is 2.69. The van der Waals surface area contributed by atoms with E-state index in [0.29, 0.717) is 4.96 Å². The number of aromatic nitrogens is 4. The first-order valence-corrected chi connectivity index (χ1v) is 3.17. The lowest BCUT2D eigenvalue weighted by atomic mass is 10.8. The van der Waals surface area contributed by atoms with Crippen LogP contribution in [-0.4, -0.2) is 42.9 Å². The summed E-state index contributed by atoms with van der Waals surface area (Å²) in [5, 5.41) is 22.9. The van der Waals surface area contributed by atoms with Crippen LogP contribution in [0.1, 0.15) is 0 Å². The van der Waals surface area contributed by atoms with Gasteiger partial charge in [-0.05, 0) is 4.96 Å². The fraction of sp³-hybridized carbons (Fsp3) is 0. The number of hydrogen-bond acceptors (Lipinski definition) is 4. The molecule has 1 heterocycles. The highest BCUT2D eigenvalue weighted by molar-refractivity contribution is 5.59. The second-order valence-electron chi connectivity index (χ2n) is 1.89. The van der Waals surface area contributed by atoms with Gasteiger partial charge in [-0.1, -0.05) is 0 Å². The first-order valence-electron chi connectivity index (χ1n) is 3.17. The highest BCUT2D eigenvalue weighted by atomic mass is 16.8. The summed E-state index contributed by atoms with van der Waals surface area (Å²) in [5.74, 6) is -0.164. The first kappa shape index (κ1) is 9.57. The van der Waals surface area contributed by atoms with Crippen LogP contribution in [0.4, 0.5) is 9.59 Å². The molecule has 10 heteroatoms. The molecule has 0 unspecified atom stereocenters. The minimum atomic E-state index is -1.55. The fourth-order valence-corrected chi connectivity index (χ4v) is 0.568. The highest BCUT2D eigenvalue weighted by Gasteiger charge is 2.01. The summed E-state index contributed by atoms with van der Waals surface area (Å²) in [6.45, 7) is 0. The molecule has 0 aliphatic carbocycles. The summed E-state index contributed by atoms with van der Waals surface area (Å²) in [7, 11) is 0. The van der Waals surface area contributed by atoms with Crippen LogP contribution in [0.15, 0.2) is 6.20 Å². The molecule has 0 atom stereocenters. The topological polar surface area (TPSA) is 145 Å². The predicted octanol–water partition coefficient (Wildman–Crippen LogP) is -0.240. The second kappa shape index (κ2) is 3.93. The molecule has 5 N–H and O–H groups in total. The lowest BCUT2D eigenvalue weighted by Gasteiger charge is -2.05. The van der Waals surface area contributed by atoms with E-state index in [0.717, 1.165) is 6.20 Å². The number of carboxylic acid groups (broad SMARTS) is 2. The number of H-pyrrole nitrogens is 3. The lowest BCUT2D eigenvalue weighted by molar-refractivity contribution is 0.0421. The largest absolute Gasteiger partial charge is 0.533 e. The standard InChI is InChI=1S/C4H6N4O6/c9-3(10)13-2-1-5-8(7-6-2)14-4(11)12/h1,5-7H,(H,9,10)(H,11,12). The van der Waals surface area contributed by atoms with Crippen molar-refractivity contribution in [1.82, 2.24) is 20.4 Å². The molecule has 14 heavy (non-hydrogen) atoms. The minimum Gasteiger partial charge on any atom is -0.449 e. The van der Waals surface area contributed by atoms with E-state index in [1.54, 1.807) is 0 Å². The van der Waals surface area contributed by atoms with E-state index in [9.17, 15) is 9.59 Å². The van der Waals surface area contributed by atoms with Crippen LogP contribution in [0.5, 0.6) is 5.88 Å². The SMILES string of the molecule is O=C(O)Oc1c[nH]n(OC(=O)O)[nH][nH]1. The zero-order valence-electron chi connectivity index (χ0n) is 6.55. The predicted molar refractivity (Wildman–Crippen MR) is 38.4 cm³/mol. The van der Waals surface area contributed by atoms with E-state index in [2.05, 4.69) is 25.0 Å². The molecule has 0 aliphatic rings. The smallest absolute Gasteiger partial charge is 0.449 e. The third-order valence-electron chi connectivity index (χ3n) is 0.960. The Morgan fingerprint density at radius 1 is 1.36 bits per heavy atom. The van der Waals surface area contributed by atoms with E-state index in [1.165, 1.54) is 0 Å². The molecule has 0 spiro atoms. The van der Waals surface area contributed by atoms with Crippen molar-refractivity contribution in [3.8, 4) is 5.88 Å². The number of nitrogens with one attached hydrogen (secondary N) is 3. The zero-order valence-corrected chi connectivity index (χ0v) is 6.55. The molecule has 1 rings (SSSR count). The fourth-order valence-electron chi connectivity index (χ4n) is 0.568. The summed E-state index contributed by atoms with van der Waals surface area (Å²) in [4.78, 5) is 24.7. The van der Waals surface area contributed by atoms with E-state index in [4.69, 9.17) is 10.2 Å². The number of hydrogen-bond donors (Lipinski definition) is 5. The van der Waals surface area contributed by atoms with Crippen molar-refractivity contribution < 1.29 is 29.4 Å². The van der Waals surface area contributed by atoms with Crippen LogP contribution >= 0.6 is 0 Å². The Balaban J connectivity index is 2.68. The maximum atomic E-state index is 10.0. The van der Waals surface area contributed by atoms with Gasteiger partial charge in [-0.25, -0.2) is 9.59 Å². The molecule has 0 aromatic carbocycles. The average molecular weight is 206 g/mol. The highest BCUT2D eigenvalue weighted by Crippen LogP contribution is 1.98. The average Bonchev–Trinajstić information content (AvgIpc) is 2.06. The van der Waals surface area contributed by atoms with Gasteiger partial charge in [0.2, 0.25) is 5.88 Å². The van der Waals surface area contributed by atoms with E-state index >= 15 is 0 Å². The third-order valence-corrected chi connectivity index (χ3v) is 0.960. The number of aromatic amines is 3. The number of ether oxygens (including phenoxy) is 1. The second-order valence-corrected chi connectivity index (χ2v) is 1.89. The Hall–Kier alpha value is -2.52. The Labute approximate surface area is 75.2 Å². The molecule has 10 nitrogen and oxygen atoms in total. The van der Waals surface area contributed by atoms with Crippen LogP contribution in [-0.2, 0) is 0 Å². The molecular weight excluding hydrogens is 200 g/mol. The number of rotatable bonds is 2. The van der Waals surface area contributed by atoms with Gasteiger partial charge in [0.15, 0.2) is 0 Å². The van der Waals surface area contributed by atoms with Gasteiger partial charge >= 0.3 is 12.3 Å². The summed E-state index contributed by atoms with van der Waals surface area (Å²) >= 11 is 0. The van der Waals surface area contributed by atoms with Crippen LogP contribution < -0.4 is 9.57 Å². The van der Waals surface area contributed by atoms with Gasteiger partial charge in [-0.15, -0.1) is 0 Å². The molecule has 0 amide bonds. The van der Waals surface area contributed by atoms with Crippen LogP contribution in [0.25, 0.3) is 0 Å². The van der Waals surface area contributed by atoms with Crippen molar-refractivity contribution in [2.75, 3.05) is 0 Å². The third kappa shape index (κ3) is 2.84. The van der Waals surface area contributed by atoms with Crippen LogP contribution in [0.2, 0.25) is 0 Å². The molecule has 0 saturated heterocycles. The molecular formula is C4H6N4O6.